The van der Waals surface area contributed by atoms with Gasteiger partial charge < -0.3 is 0 Å². The average Bonchev–Trinajstić information content (AvgIpc) is 2.83. The summed E-state index contributed by atoms with van der Waals surface area (Å²) in [5.74, 6) is 3.96. The molecule has 0 amide bonds. The van der Waals surface area contributed by atoms with Crippen LogP contribution in [0.25, 0.3) is 0 Å². The zero-order valence-electron chi connectivity index (χ0n) is 14.1. The highest BCUT2D eigenvalue weighted by atomic mass is 15.1. The van der Waals surface area contributed by atoms with Crippen molar-refractivity contribution in [2.45, 2.75) is 91.1 Å². The van der Waals surface area contributed by atoms with Crippen LogP contribution in [-0.2, 0) is 13.1 Å². The third-order valence-electron chi connectivity index (χ3n) is 4.27. The van der Waals surface area contributed by atoms with Crippen LogP contribution in [-0.4, -0.2) is 4.57 Å². The second-order valence-corrected chi connectivity index (χ2v) is 6.05. The van der Waals surface area contributed by atoms with Crippen molar-refractivity contribution in [3.05, 3.63) is 18.2 Å². The number of aryl methyl sites for hydroxylation is 1. The molecule has 0 bridgehead atoms. The summed E-state index contributed by atoms with van der Waals surface area (Å²) >= 11 is 0. The molecule has 0 aliphatic rings. The Morgan fingerprint density at radius 2 is 1.57 bits per heavy atom. The largest absolute Gasteiger partial charge is 0.254 e. The highest BCUT2D eigenvalue weighted by Crippen LogP contribution is 2.10. The molecule has 0 saturated heterocycles. The van der Waals surface area contributed by atoms with Gasteiger partial charge in [0.2, 0.25) is 0 Å². The fourth-order valence-corrected chi connectivity index (χ4v) is 2.81. The zero-order valence-corrected chi connectivity index (χ0v) is 14.1. The van der Waals surface area contributed by atoms with Crippen LogP contribution in [0.2, 0.25) is 0 Å². The molecule has 21 heavy (non-hydrogen) atoms. The summed E-state index contributed by atoms with van der Waals surface area (Å²) in [5, 5.41) is 0. The number of terminal acetylenes is 1. The van der Waals surface area contributed by atoms with Crippen molar-refractivity contribution in [3.8, 4) is 12.3 Å². The van der Waals surface area contributed by atoms with Crippen LogP contribution in [0, 0.1) is 19.3 Å². The van der Waals surface area contributed by atoms with Crippen LogP contribution in [0.1, 0.15) is 77.0 Å². The van der Waals surface area contributed by atoms with Gasteiger partial charge in [0.15, 0.2) is 6.54 Å². The summed E-state index contributed by atoms with van der Waals surface area (Å²) in [4.78, 5) is 0. The van der Waals surface area contributed by atoms with Crippen LogP contribution < -0.4 is 4.57 Å². The molecule has 0 N–H and O–H groups in total. The van der Waals surface area contributed by atoms with E-state index in [-0.39, 0.29) is 0 Å². The lowest BCUT2D eigenvalue weighted by molar-refractivity contribution is -0.702. The lowest BCUT2D eigenvalue weighted by atomic mass is 10.1. The Bertz CT molecular complexity index is 412. The van der Waals surface area contributed by atoms with Gasteiger partial charge in [0.05, 0.1) is 6.54 Å². The van der Waals surface area contributed by atoms with Crippen molar-refractivity contribution in [1.29, 1.82) is 0 Å². The van der Waals surface area contributed by atoms with E-state index in [9.17, 15) is 0 Å². The maximum Gasteiger partial charge on any atom is 0.254 e. The van der Waals surface area contributed by atoms with E-state index in [0.717, 1.165) is 6.54 Å². The van der Waals surface area contributed by atoms with E-state index in [0.29, 0.717) is 6.54 Å². The standard InChI is InChI=1S/C19H33N2/c1-4-6-7-8-9-10-11-12-13-14-16-21-18-17-20(15-5-2)19(21)3/h2,17-18H,4,6-16H2,1,3H3/q+1. The Labute approximate surface area is 131 Å². The van der Waals surface area contributed by atoms with E-state index in [1.54, 1.807) is 0 Å². The minimum Gasteiger partial charge on any atom is -0.234 e. The molecular formula is C19H33N2+. The molecule has 0 unspecified atom stereocenters. The number of nitrogens with zero attached hydrogens (tertiary/aromatic N) is 2. The van der Waals surface area contributed by atoms with Gasteiger partial charge in [-0.2, -0.15) is 0 Å². The van der Waals surface area contributed by atoms with Gasteiger partial charge in [0.1, 0.15) is 12.4 Å². The second kappa shape index (κ2) is 11.4. The first-order chi connectivity index (χ1) is 10.3. The summed E-state index contributed by atoms with van der Waals surface area (Å²) in [6, 6.07) is 0. The topological polar surface area (TPSA) is 8.81 Å². The van der Waals surface area contributed by atoms with Crippen LogP contribution in [0.4, 0.5) is 0 Å². The first-order valence-corrected chi connectivity index (χ1v) is 8.78. The molecule has 2 heteroatoms. The summed E-state index contributed by atoms with van der Waals surface area (Å²) in [6.45, 7) is 6.23. The van der Waals surface area contributed by atoms with Crippen molar-refractivity contribution in [1.82, 2.24) is 4.57 Å². The minimum absolute atomic E-state index is 0.677. The molecule has 0 saturated carbocycles. The Kier molecular flexibility index (Phi) is 9.70. The summed E-state index contributed by atoms with van der Waals surface area (Å²) in [7, 11) is 0. The molecule has 2 nitrogen and oxygen atoms in total. The predicted molar refractivity (Wildman–Crippen MR) is 90.0 cm³/mol. The molecule has 1 aromatic rings. The molecule has 1 aromatic heterocycles. The number of unbranched alkanes of at least 4 members (excludes halogenated alkanes) is 9. The highest BCUT2D eigenvalue weighted by Gasteiger charge is 2.10. The zero-order chi connectivity index (χ0) is 15.3. The molecule has 0 aromatic carbocycles. The maximum atomic E-state index is 5.36. The van der Waals surface area contributed by atoms with E-state index in [1.807, 2.05) is 0 Å². The number of hydrogen-bond acceptors (Lipinski definition) is 0. The molecule has 0 radical (unpaired) electrons. The molecule has 0 aliphatic carbocycles. The maximum absolute atomic E-state index is 5.36. The quantitative estimate of drug-likeness (QED) is 0.301. The first-order valence-electron chi connectivity index (χ1n) is 8.78. The first kappa shape index (κ1) is 17.8. The molecule has 0 aliphatic heterocycles. The van der Waals surface area contributed by atoms with Crippen molar-refractivity contribution in [2.75, 3.05) is 0 Å². The monoisotopic (exact) mass is 289 g/mol. The van der Waals surface area contributed by atoms with Crippen molar-refractivity contribution in [3.63, 3.8) is 0 Å². The van der Waals surface area contributed by atoms with Gasteiger partial charge in [-0.05, 0) is 12.8 Å². The molecule has 0 spiro atoms. The Balaban J connectivity index is 2.01. The van der Waals surface area contributed by atoms with Crippen molar-refractivity contribution >= 4 is 0 Å². The van der Waals surface area contributed by atoms with Crippen molar-refractivity contribution in [2.24, 2.45) is 0 Å². The number of aromatic nitrogens is 2. The molecule has 0 fully saturated rings. The Hall–Kier alpha value is -1.23. The minimum atomic E-state index is 0.677. The van der Waals surface area contributed by atoms with Gasteiger partial charge in [0.25, 0.3) is 5.82 Å². The van der Waals surface area contributed by atoms with E-state index >= 15 is 0 Å². The Morgan fingerprint density at radius 3 is 2.14 bits per heavy atom. The summed E-state index contributed by atoms with van der Waals surface area (Å²) < 4.78 is 4.46. The summed E-state index contributed by atoms with van der Waals surface area (Å²) in [5.41, 5.74) is 0. The Morgan fingerprint density at radius 1 is 1.00 bits per heavy atom. The van der Waals surface area contributed by atoms with Gasteiger partial charge in [-0.3, -0.25) is 0 Å². The molecule has 118 valence electrons. The van der Waals surface area contributed by atoms with E-state index in [1.165, 1.54) is 70.0 Å². The van der Waals surface area contributed by atoms with Gasteiger partial charge in [-0.15, -0.1) is 6.42 Å². The van der Waals surface area contributed by atoms with Gasteiger partial charge in [-0.25, -0.2) is 9.13 Å². The third-order valence-corrected chi connectivity index (χ3v) is 4.27. The van der Waals surface area contributed by atoms with Gasteiger partial charge in [0, 0.05) is 6.92 Å². The predicted octanol–water partition coefficient (Wildman–Crippen LogP) is 4.64. The molecule has 1 heterocycles. The van der Waals surface area contributed by atoms with E-state index in [2.05, 4.69) is 41.3 Å². The summed E-state index contributed by atoms with van der Waals surface area (Å²) in [6.07, 6.45) is 23.5. The van der Waals surface area contributed by atoms with Crippen LogP contribution >= 0.6 is 0 Å². The smallest absolute Gasteiger partial charge is 0.234 e. The van der Waals surface area contributed by atoms with E-state index < -0.39 is 0 Å². The second-order valence-electron chi connectivity index (χ2n) is 6.05. The van der Waals surface area contributed by atoms with Crippen LogP contribution in [0.3, 0.4) is 0 Å². The van der Waals surface area contributed by atoms with Crippen molar-refractivity contribution < 1.29 is 4.57 Å². The average molecular weight is 289 g/mol. The lowest BCUT2D eigenvalue weighted by Gasteiger charge is -2.02. The molecule has 1 rings (SSSR count). The fraction of sp³-hybridized carbons (Fsp3) is 0.737. The van der Waals surface area contributed by atoms with Gasteiger partial charge in [-0.1, -0.05) is 64.2 Å². The number of imidazole rings is 1. The number of hydrogen-bond donors (Lipinski definition) is 0. The fourth-order valence-electron chi connectivity index (χ4n) is 2.81. The normalized spacial score (nSPS) is 10.7. The van der Waals surface area contributed by atoms with Crippen LogP contribution in [0.15, 0.2) is 12.4 Å². The number of rotatable bonds is 12. The molecular weight excluding hydrogens is 256 g/mol. The van der Waals surface area contributed by atoms with Gasteiger partial charge >= 0.3 is 0 Å². The SMILES string of the molecule is C#CCn1cc[n+](CCCCCCCCCCCC)c1C. The lowest BCUT2D eigenvalue weighted by Crippen LogP contribution is -2.35. The highest BCUT2D eigenvalue weighted by molar-refractivity contribution is 4.90. The molecule has 0 atom stereocenters. The third kappa shape index (κ3) is 7.37. The van der Waals surface area contributed by atoms with Crippen LogP contribution in [0.5, 0.6) is 0 Å². The van der Waals surface area contributed by atoms with E-state index in [4.69, 9.17) is 6.42 Å².